The van der Waals surface area contributed by atoms with Gasteiger partial charge in [-0.25, -0.2) is 0 Å². The zero-order valence-electron chi connectivity index (χ0n) is 13.6. The van der Waals surface area contributed by atoms with Gasteiger partial charge in [-0.1, -0.05) is 12.1 Å². The monoisotopic (exact) mass is 302 g/mol. The molecule has 22 heavy (non-hydrogen) atoms. The molecule has 1 aromatic carbocycles. The van der Waals surface area contributed by atoms with Crippen molar-refractivity contribution in [1.29, 1.82) is 0 Å². The first-order valence-corrected chi connectivity index (χ1v) is 8.31. The third kappa shape index (κ3) is 3.12. The summed E-state index contributed by atoms with van der Waals surface area (Å²) in [6, 6.07) is 9.24. The standard InChI is InChI=1S/C18H26N2O2/c1-14(2)19-9-11-20(12-10-19)16-5-3-15(4-6-16)18(7-8-18)13-17(21)22/h3-6,14H,7-13H2,1-2H3,(H,21,22). The smallest absolute Gasteiger partial charge is 0.304 e. The van der Waals surface area contributed by atoms with Gasteiger partial charge in [-0.05, 0) is 44.4 Å². The number of hydrogen-bond acceptors (Lipinski definition) is 3. The molecule has 2 fully saturated rings. The van der Waals surface area contributed by atoms with E-state index in [1.165, 1.54) is 11.3 Å². The molecule has 1 aromatic rings. The Morgan fingerprint density at radius 2 is 1.73 bits per heavy atom. The predicted octanol–water partition coefficient (Wildman–Crippen LogP) is 2.72. The molecule has 1 heterocycles. The number of piperazine rings is 1. The number of aliphatic carboxylic acids is 1. The minimum atomic E-state index is -0.689. The van der Waals surface area contributed by atoms with E-state index in [4.69, 9.17) is 5.11 Å². The Kier molecular flexibility index (Phi) is 4.13. The van der Waals surface area contributed by atoms with E-state index in [0.717, 1.165) is 39.0 Å². The van der Waals surface area contributed by atoms with Crippen molar-refractivity contribution in [2.24, 2.45) is 0 Å². The molecule has 4 heteroatoms. The summed E-state index contributed by atoms with van der Waals surface area (Å²) in [4.78, 5) is 16.0. The lowest BCUT2D eigenvalue weighted by atomic mass is 9.92. The highest BCUT2D eigenvalue weighted by atomic mass is 16.4. The van der Waals surface area contributed by atoms with E-state index in [-0.39, 0.29) is 11.8 Å². The van der Waals surface area contributed by atoms with E-state index >= 15 is 0 Å². The first-order valence-electron chi connectivity index (χ1n) is 8.31. The summed E-state index contributed by atoms with van der Waals surface area (Å²) < 4.78 is 0. The van der Waals surface area contributed by atoms with Crippen LogP contribution in [0.1, 0.15) is 38.7 Å². The van der Waals surface area contributed by atoms with Crippen molar-refractivity contribution in [1.82, 2.24) is 4.90 Å². The van der Waals surface area contributed by atoms with Crippen molar-refractivity contribution >= 4 is 11.7 Å². The molecule has 0 amide bonds. The zero-order valence-corrected chi connectivity index (χ0v) is 13.6. The molecule has 0 unspecified atom stereocenters. The maximum Gasteiger partial charge on any atom is 0.304 e. The van der Waals surface area contributed by atoms with Gasteiger partial charge in [0.1, 0.15) is 0 Å². The van der Waals surface area contributed by atoms with Gasteiger partial charge in [0, 0.05) is 43.3 Å². The Bertz CT molecular complexity index is 527. The summed E-state index contributed by atoms with van der Waals surface area (Å²) >= 11 is 0. The molecule has 4 nitrogen and oxygen atoms in total. The van der Waals surface area contributed by atoms with Gasteiger partial charge in [-0.15, -0.1) is 0 Å². The van der Waals surface area contributed by atoms with Crippen molar-refractivity contribution in [2.75, 3.05) is 31.1 Å². The lowest BCUT2D eigenvalue weighted by Gasteiger charge is -2.38. The summed E-state index contributed by atoms with van der Waals surface area (Å²) in [5.41, 5.74) is 2.37. The van der Waals surface area contributed by atoms with Gasteiger partial charge in [0.05, 0.1) is 6.42 Å². The maximum atomic E-state index is 11.0. The van der Waals surface area contributed by atoms with Crippen LogP contribution in [-0.4, -0.2) is 48.2 Å². The average molecular weight is 302 g/mol. The fourth-order valence-corrected chi connectivity index (χ4v) is 3.53. The second kappa shape index (κ2) is 5.92. The molecule has 120 valence electrons. The van der Waals surface area contributed by atoms with Crippen molar-refractivity contribution in [3.8, 4) is 0 Å². The van der Waals surface area contributed by atoms with Crippen LogP contribution in [0.15, 0.2) is 24.3 Å². The fraction of sp³-hybridized carbons (Fsp3) is 0.611. The molecule has 1 saturated heterocycles. The van der Waals surface area contributed by atoms with Crippen molar-refractivity contribution in [3.63, 3.8) is 0 Å². The third-order valence-corrected chi connectivity index (χ3v) is 5.23. The Morgan fingerprint density at radius 1 is 1.14 bits per heavy atom. The minimum absolute atomic E-state index is 0.0826. The van der Waals surface area contributed by atoms with E-state index in [1.807, 2.05) is 0 Å². The first-order chi connectivity index (χ1) is 10.5. The second-order valence-electron chi connectivity index (χ2n) is 7.01. The molecule has 0 radical (unpaired) electrons. The Balaban J connectivity index is 1.64. The SMILES string of the molecule is CC(C)N1CCN(c2ccc(C3(CC(=O)O)CC3)cc2)CC1. The number of hydrogen-bond donors (Lipinski definition) is 1. The highest BCUT2D eigenvalue weighted by molar-refractivity contribution is 5.70. The molecule has 1 aliphatic carbocycles. The van der Waals surface area contributed by atoms with Gasteiger partial charge in [-0.2, -0.15) is 0 Å². The number of nitrogens with zero attached hydrogens (tertiary/aromatic N) is 2. The maximum absolute atomic E-state index is 11.0. The van der Waals surface area contributed by atoms with Gasteiger partial charge >= 0.3 is 5.97 Å². The van der Waals surface area contributed by atoms with E-state index in [0.29, 0.717) is 6.04 Å². The van der Waals surface area contributed by atoms with Crippen LogP contribution in [0, 0.1) is 0 Å². The van der Waals surface area contributed by atoms with Crippen LogP contribution < -0.4 is 4.90 Å². The Labute approximate surface area is 132 Å². The highest BCUT2D eigenvalue weighted by Gasteiger charge is 2.45. The Morgan fingerprint density at radius 3 is 2.18 bits per heavy atom. The van der Waals surface area contributed by atoms with Crippen LogP contribution in [0.3, 0.4) is 0 Å². The number of rotatable bonds is 5. The van der Waals surface area contributed by atoms with Crippen LogP contribution >= 0.6 is 0 Å². The summed E-state index contributed by atoms with van der Waals surface area (Å²) in [6.45, 7) is 8.87. The van der Waals surface area contributed by atoms with Gasteiger partial charge < -0.3 is 10.0 Å². The van der Waals surface area contributed by atoms with Crippen LogP contribution in [0.25, 0.3) is 0 Å². The summed E-state index contributed by atoms with van der Waals surface area (Å²) in [7, 11) is 0. The summed E-state index contributed by atoms with van der Waals surface area (Å²) in [5.74, 6) is -0.689. The molecule has 3 rings (SSSR count). The van der Waals surface area contributed by atoms with Crippen molar-refractivity contribution in [2.45, 2.75) is 44.6 Å². The zero-order chi connectivity index (χ0) is 15.7. The van der Waals surface area contributed by atoms with Crippen molar-refractivity contribution < 1.29 is 9.90 Å². The Hall–Kier alpha value is -1.55. The first kappa shape index (κ1) is 15.3. The van der Waals surface area contributed by atoms with Crippen LogP contribution in [0.4, 0.5) is 5.69 Å². The normalized spacial score (nSPS) is 21.1. The molecule has 0 atom stereocenters. The van der Waals surface area contributed by atoms with Gasteiger partial charge in [-0.3, -0.25) is 9.69 Å². The fourth-order valence-electron chi connectivity index (χ4n) is 3.53. The molecule has 0 bridgehead atoms. The highest BCUT2D eigenvalue weighted by Crippen LogP contribution is 2.51. The number of carbonyl (C=O) groups is 1. The number of carboxylic acids is 1. The third-order valence-electron chi connectivity index (χ3n) is 5.23. The van der Waals surface area contributed by atoms with E-state index in [2.05, 4.69) is 47.9 Å². The molecule has 1 aliphatic heterocycles. The van der Waals surface area contributed by atoms with Crippen LogP contribution in [0.5, 0.6) is 0 Å². The van der Waals surface area contributed by atoms with Gasteiger partial charge in [0.2, 0.25) is 0 Å². The lowest BCUT2D eigenvalue weighted by Crippen LogP contribution is -2.48. The second-order valence-corrected chi connectivity index (χ2v) is 7.01. The molecular weight excluding hydrogens is 276 g/mol. The molecule has 1 N–H and O–H groups in total. The molecular formula is C18H26N2O2. The lowest BCUT2D eigenvalue weighted by molar-refractivity contribution is -0.137. The van der Waals surface area contributed by atoms with E-state index < -0.39 is 5.97 Å². The number of anilines is 1. The van der Waals surface area contributed by atoms with Gasteiger partial charge in [0.15, 0.2) is 0 Å². The molecule has 1 saturated carbocycles. The van der Waals surface area contributed by atoms with E-state index in [1.54, 1.807) is 0 Å². The van der Waals surface area contributed by atoms with E-state index in [9.17, 15) is 4.79 Å². The summed E-state index contributed by atoms with van der Waals surface area (Å²) in [5, 5.41) is 9.07. The van der Waals surface area contributed by atoms with Crippen LogP contribution in [-0.2, 0) is 10.2 Å². The minimum Gasteiger partial charge on any atom is -0.481 e. The molecule has 0 spiro atoms. The van der Waals surface area contributed by atoms with Crippen molar-refractivity contribution in [3.05, 3.63) is 29.8 Å². The predicted molar refractivity (Wildman–Crippen MR) is 88.5 cm³/mol. The van der Waals surface area contributed by atoms with Gasteiger partial charge in [0.25, 0.3) is 0 Å². The molecule has 0 aromatic heterocycles. The quantitative estimate of drug-likeness (QED) is 0.908. The summed E-state index contributed by atoms with van der Waals surface area (Å²) in [6.07, 6.45) is 2.27. The largest absolute Gasteiger partial charge is 0.481 e. The van der Waals surface area contributed by atoms with Crippen LogP contribution in [0.2, 0.25) is 0 Å². The molecule has 2 aliphatic rings. The average Bonchev–Trinajstić information content (AvgIpc) is 3.27. The topological polar surface area (TPSA) is 43.8 Å². The number of carboxylic acid groups (broad SMARTS) is 1. The number of benzene rings is 1.